The molecule has 1 heteroatoms. The summed E-state index contributed by atoms with van der Waals surface area (Å²) in [5.74, 6) is 0. The Morgan fingerprint density at radius 2 is 2.22 bits per heavy atom. The van der Waals surface area contributed by atoms with Crippen LogP contribution >= 0.6 is 0 Å². The molecule has 0 atom stereocenters. The topological polar surface area (TPSA) is 3.24 Å². The summed E-state index contributed by atoms with van der Waals surface area (Å²) in [6, 6.07) is 0.707. The van der Waals surface area contributed by atoms with Crippen LogP contribution in [0.1, 0.15) is 20.8 Å². The van der Waals surface area contributed by atoms with E-state index >= 15 is 0 Å². The van der Waals surface area contributed by atoms with Crippen molar-refractivity contribution < 1.29 is 0 Å². The maximum Gasteiger partial charge on any atom is 0.0196 e. The molecule has 0 bridgehead atoms. The Morgan fingerprint density at radius 1 is 1.56 bits per heavy atom. The van der Waals surface area contributed by atoms with Gasteiger partial charge in [-0.25, -0.2) is 0 Å². The van der Waals surface area contributed by atoms with Crippen molar-refractivity contribution in [3.05, 3.63) is 11.6 Å². The molecule has 1 aliphatic rings. The van der Waals surface area contributed by atoms with Gasteiger partial charge in [0.05, 0.1) is 0 Å². The minimum absolute atomic E-state index is 0.707. The van der Waals surface area contributed by atoms with Crippen LogP contribution in [0.4, 0.5) is 0 Å². The second-order valence-electron chi connectivity index (χ2n) is 3.07. The average molecular weight is 125 g/mol. The third kappa shape index (κ3) is 1.55. The van der Waals surface area contributed by atoms with Crippen LogP contribution in [-0.2, 0) is 0 Å². The maximum atomic E-state index is 2.45. The Morgan fingerprint density at radius 3 is 2.44 bits per heavy atom. The molecule has 0 aliphatic carbocycles. The summed E-state index contributed by atoms with van der Waals surface area (Å²) in [4.78, 5) is 2.45. The van der Waals surface area contributed by atoms with Gasteiger partial charge >= 0.3 is 0 Å². The van der Waals surface area contributed by atoms with E-state index < -0.39 is 0 Å². The van der Waals surface area contributed by atoms with Crippen LogP contribution in [0.3, 0.4) is 0 Å². The molecule has 1 heterocycles. The van der Waals surface area contributed by atoms with Crippen molar-refractivity contribution in [2.75, 3.05) is 13.1 Å². The first-order chi connectivity index (χ1) is 4.20. The van der Waals surface area contributed by atoms with E-state index in [4.69, 9.17) is 0 Å². The third-order valence-electron chi connectivity index (χ3n) is 1.86. The van der Waals surface area contributed by atoms with Gasteiger partial charge in [-0.1, -0.05) is 11.6 Å². The second-order valence-corrected chi connectivity index (χ2v) is 3.07. The van der Waals surface area contributed by atoms with Crippen molar-refractivity contribution in [3.8, 4) is 0 Å². The molecule has 0 saturated carbocycles. The predicted molar refractivity (Wildman–Crippen MR) is 40.5 cm³/mol. The molecule has 0 aromatic heterocycles. The van der Waals surface area contributed by atoms with E-state index in [0.717, 1.165) is 6.54 Å². The van der Waals surface area contributed by atoms with Gasteiger partial charge in [-0.2, -0.15) is 0 Å². The molecular formula is C8H15N. The van der Waals surface area contributed by atoms with Gasteiger partial charge in [0.15, 0.2) is 0 Å². The fourth-order valence-corrected chi connectivity index (χ4v) is 1.12. The fourth-order valence-electron chi connectivity index (χ4n) is 1.12. The van der Waals surface area contributed by atoms with Gasteiger partial charge in [0.1, 0.15) is 0 Å². The standard InChI is InChI=1S/C8H15N/c1-7(2)9-5-4-8(3)6-9/h4,7H,5-6H2,1-3H3. The largest absolute Gasteiger partial charge is 0.293 e. The lowest BCUT2D eigenvalue weighted by atomic mass is 10.3. The molecule has 0 fully saturated rings. The normalized spacial score (nSPS) is 21.1. The summed E-state index contributed by atoms with van der Waals surface area (Å²) in [6.07, 6.45) is 2.31. The summed E-state index contributed by atoms with van der Waals surface area (Å²) in [6.45, 7) is 9.02. The highest BCUT2D eigenvalue weighted by molar-refractivity contribution is 5.08. The smallest absolute Gasteiger partial charge is 0.0196 e. The zero-order valence-corrected chi connectivity index (χ0v) is 6.52. The molecule has 1 aliphatic heterocycles. The number of rotatable bonds is 1. The molecule has 0 aromatic carbocycles. The maximum absolute atomic E-state index is 2.45. The molecule has 0 spiro atoms. The highest BCUT2D eigenvalue weighted by Gasteiger charge is 2.12. The van der Waals surface area contributed by atoms with Crippen LogP contribution in [0.15, 0.2) is 11.6 Å². The molecule has 1 nitrogen and oxygen atoms in total. The number of nitrogens with zero attached hydrogens (tertiary/aromatic N) is 1. The van der Waals surface area contributed by atoms with Gasteiger partial charge in [0, 0.05) is 19.1 Å². The summed E-state index contributed by atoms with van der Waals surface area (Å²) < 4.78 is 0. The van der Waals surface area contributed by atoms with Gasteiger partial charge < -0.3 is 0 Å². The molecule has 0 saturated heterocycles. The molecule has 0 amide bonds. The van der Waals surface area contributed by atoms with Gasteiger partial charge in [0.25, 0.3) is 0 Å². The molecule has 52 valence electrons. The Labute approximate surface area is 57.4 Å². The average Bonchev–Trinajstić information content (AvgIpc) is 2.14. The van der Waals surface area contributed by atoms with Crippen LogP contribution < -0.4 is 0 Å². The Balaban J connectivity index is 2.37. The van der Waals surface area contributed by atoms with Crippen LogP contribution in [0.2, 0.25) is 0 Å². The summed E-state index contributed by atoms with van der Waals surface area (Å²) in [5.41, 5.74) is 1.52. The molecule has 0 unspecified atom stereocenters. The van der Waals surface area contributed by atoms with E-state index in [1.807, 2.05) is 0 Å². The van der Waals surface area contributed by atoms with E-state index in [2.05, 4.69) is 31.7 Å². The summed E-state index contributed by atoms with van der Waals surface area (Å²) >= 11 is 0. The zero-order chi connectivity index (χ0) is 6.85. The minimum atomic E-state index is 0.707. The Hall–Kier alpha value is -0.300. The van der Waals surface area contributed by atoms with Gasteiger partial charge in [-0.15, -0.1) is 0 Å². The second kappa shape index (κ2) is 2.53. The molecular weight excluding hydrogens is 110 g/mol. The molecule has 1 rings (SSSR count). The first-order valence-corrected chi connectivity index (χ1v) is 3.60. The van der Waals surface area contributed by atoms with Gasteiger partial charge in [-0.3, -0.25) is 4.90 Å². The highest BCUT2D eigenvalue weighted by Crippen LogP contribution is 2.10. The van der Waals surface area contributed by atoms with E-state index in [9.17, 15) is 0 Å². The molecule has 0 aromatic rings. The van der Waals surface area contributed by atoms with Gasteiger partial charge in [-0.05, 0) is 20.8 Å². The third-order valence-corrected chi connectivity index (χ3v) is 1.86. The van der Waals surface area contributed by atoms with E-state index in [0.29, 0.717) is 6.04 Å². The van der Waals surface area contributed by atoms with E-state index in [1.54, 1.807) is 0 Å². The fraction of sp³-hybridized carbons (Fsp3) is 0.750. The van der Waals surface area contributed by atoms with Crippen LogP contribution in [0.25, 0.3) is 0 Å². The van der Waals surface area contributed by atoms with Crippen molar-refractivity contribution in [1.82, 2.24) is 4.90 Å². The van der Waals surface area contributed by atoms with Crippen molar-refractivity contribution >= 4 is 0 Å². The lowest BCUT2D eigenvalue weighted by Crippen LogP contribution is -2.28. The monoisotopic (exact) mass is 125 g/mol. The quantitative estimate of drug-likeness (QED) is 0.482. The van der Waals surface area contributed by atoms with Crippen molar-refractivity contribution in [3.63, 3.8) is 0 Å². The highest BCUT2D eigenvalue weighted by atomic mass is 15.2. The number of hydrogen-bond acceptors (Lipinski definition) is 1. The lowest BCUT2D eigenvalue weighted by molar-refractivity contribution is 0.284. The van der Waals surface area contributed by atoms with Crippen molar-refractivity contribution in [2.45, 2.75) is 26.8 Å². The number of hydrogen-bond donors (Lipinski definition) is 0. The van der Waals surface area contributed by atoms with Crippen LogP contribution in [0.5, 0.6) is 0 Å². The molecule has 9 heavy (non-hydrogen) atoms. The van der Waals surface area contributed by atoms with Crippen molar-refractivity contribution in [1.29, 1.82) is 0 Å². The SMILES string of the molecule is CC1=CCN(C(C)C)C1. The van der Waals surface area contributed by atoms with Crippen molar-refractivity contribution in [2.24, 2.45) is 0 Å². The predicted octanol–water partition coefficient (Wildman–Crippen LogP) is 1.66. The summed E-state index contributed by atoms with van der Waals surface area (Å²) in [7, 11) is 0. The van der Waals surface area contributed by atoms with E-state index in [1.165, 1.54) is 12.1 Å². The first kappa shape index (κ1) is 6.81. The van der Waals surface area contributed by atoms with Gasteiger partial charge in [0.2, 0.25) is 0 Å². The Bertz CT molecular complexity index is 125. The first-order valence-electron chi connectivity index (χ1n) is 3.60. The Kier molecular flexibility index (Phi) is 1.91. The lowest BCUT2D eigenvalue weighted by Gasteiger charge is -2.19. The van der Waals surface area contributed by atoms with E-state index in [-0.39, 0.29) is 0 Å². The molecule has 0 N–H and O–H groups in total. The zero-order valence-electron chi connectivity index (χ0n) is 6.52. The van der Waals surface area contributed by atoms with Crippen LogP contribution in [0, 0.1) is 0 Å². The molecule has 0 radical (unpaired) electrons. The summed E-state index contributed by atoms with van der Waals surface area (Å²) in [5, 5.41) is 0. The minimum Gasteiger partial charge on any atom is -0.293 e. The van der Waals surface area contributed by atoms with Crippen LogP contribution in [-0.4, -0.2) is 24.0 Å².